The lowest BCUT2D eigenvalue weighted by atomic mass is 10.0. The minimum atomic E-state index is -2.22. The van der Waals surface area contributed by atoms with Crippen LogP contribution in [0.4, 0.5) is 14.5 Å². The van der Waals surface area contributed by atoms with Crippen molar-refractivity contribution in [3.63, 3.8) is 0 Å². The van der Waals surface area contributed by atoms with Gasteiger partial charge in [-0.05, 0) is 48.4 Å². The number of amides is 2. The standard InChI is InChI=1S/C19H17ClF2N2O3/c20-13-8-12(9-15(22)10-13)4-6-23-17(25)19(27)5-7-24(18(19)26)16-3-1-2-14(21)11-16/h1-3,8-11,27H,4-7H2,(H,23,25). The summed E-state index contributed by atoms with van der Waals surface area (Å²) in [6.45, 7) is 0.180. The first-order valence-corrected chi connectivity index (χ1v) is 8.70. The summed E-state index contributed by atoms with van der Waals surface area (Å²) >= 11 is 5.78. The zero-order chi connectivity index (χ0) is 19.6. The SMILES string of the molecule is O=C(NCCc1cc(F)cc(Cl)c1)C1(O)CCN(c2cccc(F)c2)C1=O. The number of hydrogen-bond acceptors (Lipinski definition) is 3. The third-order valence-electron chi connectivity index (χ3n) is 4.41. The van der Waals surface area contributed by atoms with Crippen molar-refractivity contribution in [2.75, 3.05) is 18.0 Å². The number of carbonyl (C=O) groups is 2. The van der Waals surface area contributed by atoms with Gasteiger partial charge >= 0.3 is 0 Å². The van der Waals surface area contributed by atoms with E-state index in [1.807, 2.05) is 0 Å². The molecule has 0 bridgehead atoms. The number of anilines is 1. The second-order valence-electron chi connectivity index (χ2n) is 6.33. The number of nitrogens with one attached hydrogen (secondary N) is 1. The van der Waals surface area contributed by atoms with Crippen LogP contribution in [-0.2, 0) is 16.0 Å². The molecule has 1 aliphatic heterocycles. The topological polar surface area (TPSA) is 69.6 Å². The molecule has 0 aliphatic carbocycles. The highest BCUT2D eigenvalue weighted by Gasteiger charge is 2.51. The molecule has 3 rings (SSSR count). The van der Waals surface area contributed by atoms with Crippen molar-refractivity contribution >= 4 is 29.1 Å². The van der Waals surface area contributed by atoms with E-state index in [1.165, 1.54) is 35.2 Å². The zero-order valence-electron chi connectivity index (χ0n) is 14.2. The fourth-order valence-corrected chi connectivity index (χ4v) is 3.27. The van der Waals surface area contributed by atoms with E-state index in [0.717, 1.165) is 6.07 Å². The molecule has 1 atom stereocenters. The minimum absolute atomic E-state index is 0.0890. The van der Waals surface area contributed by atoms with Crippen LogP contribution >= 0.6 is 11.6 Å². The molecule has 1 fully saturated rings. The van der Waals surface area contributed by atoms with Gasteiger partial charge in [0.25, 0.3) is 11.8 Å². The van der Waals surface area contributed by atoms with Crippen LogP contribution in [0.5, 0.6) is 0 Å². The second kappa shape index (κ2) is 7.62. The van der Waals surface area contributed by atoms with Gasteiger partial charge in [0, 0.05) is 30.2 Å². The van der Waals surface area contributed by atoms with Crippen LogP contribution in [0.1, 0.15) is 12.0 Å². The summed E-state index contributed by atoms with van der Waals surface area (Å²) in [7, 11) is 0. The van der Waals surface area contributed by atoms with Gasteiger partial charge in [0.1, 0.15) is 11.6 Å². The first kappa shape index (κ1) is 19.3. The van der Waals surface area contributed by atoms with Crippen LogP contribution < -0.4 is 10.2 Å². The number of carbonyl (C=O) groups excluding carboxylic acids is 2. The zero-order valence-corrected chi connectivity index (χ0v) is 15.0. The van der Waals surface area contributed by atoms with Gasteiger partial charge in [-0.2, -0.15) is 0 Å². The summed E-state index contributed by atoms with van der Waals surface area (Å²) in [5, 5.41) is 13.3. The van der Waals surface area contributed by atoms with E-state index in [-0.39, 0.29) is 36.6 Å². The number of halogens is 3. The molecule has 0 radical (unpaired) electrons. The van der Waals surface area contributed by atoms with Gasteiger partial charge in [-0.25, -0.2) is 8.78 Å². The number of nitrogens with zero attached hydrogens (tertiary/aromatic N) is 1. The Morgan fingerprint density at radius 2 is 2.00 bits per heavy atom. The van der Waals surface area contributed by atoms with E-state index in [1.54, 1.807) is 6.07 Å². The molecule has 0 saturated carbocycles. The lowest BCUT2D eigenvalue weighted by Crippen LogP contribution is -2.52. The van der Waals surface area contributed by atoms with Gasteiger partial charge in [-0.1, -0.05) is 17.7 Å². The maximum atomic E-state index is 13.4. The molecule has 5 nitrogen and oxygen atoms in total. The van der Waals surface area contributed by atoms with Crippen LogP contribution in [0.3, 0.4) is 0 Å². The average molecular weight is 395 g/mol. The Kier molecular flexibility index (Phi) is 5.43. The van der Waals surface area contributed by atoms with E-state index >= 15 is 0 Å². The van der Waals surface area contributed by atoms with Crippen molar-refractivity contribution in [1.82, 2.24) is 5.32 Å². The molecular formula is C19H17ClF2N2O3. The van der Waals surface area contributed by atoms with Crippen LogP contribution in [-0.4, -0.2) is 35.6 Å². The minimum Gasteiger partial charge on any atom is -0.372 e. The van der Waals surface area contributed by atoms with Gasteiger partial charge < -0.3 is 15.3 Å². The molecule has 2 aromatic carbocycles. The molecule has 1 heterocycles. The van der Waals surface area contributed by atoms with E-state index in [2.05, 4.69) is 5.32 Å². The summed E-state index contributed by atoms with van der Waals surface area (Å²) in [4.78, 5) is 26.1. The van der Waals surface area contributed by atoms with Crippen molar-refractivity contribution in [1.29, 1.82) is 0 Å². The van der Waals surface area contributed by atoms with Gasteiger partial charge in [0.05, 0.1) is 0 Å². The molecule has 2 N–H and O–H groups in total. The summed E-state index contributed by atoms with van der Waals surface area (Å²) < 4.78 is 26.7. The molecule has 27 heavy (non-hydrogen) atoms. The van der Waals surface area contributed by atoms with E-state index < -0.39 is 29.0 Å². The molecule has 2 aromatic rings. The van der Waals surface area contributed by atoms with E-state index in [0.29, 0.717) is 5.56 Å². The molecule has 8 heteroatoms. The predicted molar refractivity (Wildman–Crippen MR) is 96.4 cm³/mol. The first-order chi connectivity index (χ1) is 12.8. The van der Waals surface area contributed by atoms with Crippen molar-refractivity contribution < 1.29 is 23.5 Å². The monoisotopic (exact) mass is 394 g/mol. The largest absolute Gasteiger partial charge is 0.372 e. The normalized spacial score (nSPS) is 19.4. The summed E-state index contributed by atoms with van der Waals surface area (Å²) in [5.74, 6) is -2.65. The van der Waals surface area contributed by atoms with Crippen molar-refractivity contribution in [3.05, 3.63) is 64.7 Å². The van der Waals surface area contributed by atoms with Crippen LogP contribution in [0.15, 0.2) is 42.5 Å². The maximum absolute atomic E-state index is 13.4. The molecule has 1 saturated heterocycles. The fraction of sp³-hybridized carbons (Fsp3) is 0.263. The van der Waals surface area contributed by atoms with Crippen molar-refractivity contribution in [2.24, 2.45) is 0 Å². The van der Waals surface area contributed by atoms with Gasteiger partial charge in [0.2, 0.25) is 5.60 Å². The van der Waals surface area contributed by atoms with Crippen molar-refractivity contribution in [2.45, 2.75) is 18.4 Å². The summed E-state index contributed by atoms with van der Waals surface area (Å²) in [5.41, 5.74) is -1.36. The molecule has 2 amide bonds. The lowest BCUT2D eigenvalue weighted by molar-refractivity contribution is -0.149. The Bertz CT molecular complexity index is 873. The van der Waals surface area contributed by atoms with Crippen LogP contribution in [0, 0.1) is 11.6 Å². The smallest absolute Gasteiger partial charge is 0.268 e. The highest BCUT2D eigenvalue weighted by molar-refractivity contribution is 6.30. The Morgan fingerprint density at radius 1 is 1.22 bits per heavy atom. The molecule has 1 aliphatic rings. The third-order valence-corrected chi connectivity index (χ3v) is 4.63. The molecule has 0 aromatic heterocycles. The Morgan fingerprint density at radius 3 is 2.70 bits per heavy atom. The van der Waals surface area contributed by atoms with Crippen LogP contribution in [0.25, 0.3) is 0 Å². The number of benzene rings is 2. The number of aliphatic hydroxyl groups is 1. The quantitative estimate of drug-likeness (QED) is 0.765. The summed E-state index contributed by atoms with van der Waals surface area (Å²) in [6, 6.07) is 9.40. The lowest BCUT2D eigenvalue weighted by Gasteiger charge is -2.21. The number of rotatable bonds is 5. The van der Waals surface area contributed by atoms with Gasteiger partial charge in [-0.3, -0.25) is 9.59 Å². The second-order valence-corrected chi connectivity index (χ2v) is 6.77. The predicted octanol–water partition coefficient (Wildman–Crippen LogP) is 2.44. The van der Waals surface area contributed by atoms with Crippen LogP contribution in [0.2, 0.25) is 5.02 Å². The van der Waals surface area contributed by atoms with E-state index in [9.17, 15) is 23.5 Å². The van der Waals surface area contributed by atoms with Gasteiger partial charge in [0.15, 0.2) is 0 Å². The Balaban J connectivity index is 1.63. The Hall–Kier alpha value is -2.51. The average Bonchev–Trinajstić information content (AvgIpc) is 2.90. The fourth-order valence-electron chi connectivity index (χ4n) is 3.03. The van der Waals surface area contributed by atoms with E-state index in [4.69, 9.17) is 11.6 Å². The molecular weight excluding hydrogens is 378 g/mol. The highest BCUT2D eigenvalue weighted by Crippen LogP contribution is 2.29. The molecule has 0 spiro atoms. The first-order valence-electron chi connectivity index (χ1n) is 8.33. The molecule has 1 unspecified atom stereocenters. The van der Waals surface area contributed by atoms with Gasteiger partial charge in [-0.15, -0.1) is 0 Å². The molecule has 142 valence electrons. The third kappa shape index (κ3) is 4.09. The highest BCUT2D eigenvalue weighted by atomic mass is 35.5. The maximum Gasteiger partial charge on any atom is 0.268 e. The number of hydrogen-bond donors (Lipinski definition) is 2. The summed E-state index contributed by atoms with van der Waals surface area (Å²) in [6.07, 6.45) is 0.168. The van der Waals surface area contributed by atoms with Crippen molar-refractivity contribution in [3.8, 4) is 0 Å². The Labute approximate surface area is 159 Å².